The van der Waals surface area contributed by atoms with Gasteiger partial charge in [-0.3, -0.25) is 4.90 Å². The minimum absolute atomic E-state index is 0.749. The summed E-state index contributed by atoms with van der Waals surface area (Å²) in [6, 6.07) is 0.751. The normalized spacial score (nSPS) is 34.0. The second-order valence-corrected chi connectivity index (χ2v) is 5.23. The van der Waals surface area contributed by atoms with Crippen molar-refractivity contribution in [2.24, 2.45) is 11.7 Å². The summed E-state index contributed by atoms with van der Waals surface area (Å²) in [5.41, 5.74) is 5.74. The van der Waals surface area contributed by atoms with Crippen molar-refractivity contribution in [1.29, 1.82) is 0 Å². The molecule has 15 heavy (non-hydrogen) atoms. The van der Waals surface area contributed by atoms with Crippen LogP contribution in [0.3, 0.4) is 0 Å². The van der Waals surface area contributed by atoms with E-state index in [1.807, 2.05) is 0 Å². The fraction of sp³-hybridized carbons (Fsp3) is 1.00. The topological polar surface area (TPSA) is 32.5 Å². The minimum atomic E-state index is 0.749. The van der Waals surface area contributed by atoms with Crippen LogP contribution in [0.1, 0.15) is 26.2 Å². The van der Waals surface area contributed by atoms with Gasteiger partial charge in [-0.05, 0) is 51.7 Å². The third kappa shape index (κ3) is 2.92. The number of rotatable bonds is 4. The minimum Gasteiger partial charge on any atom is -0.330 e. The summed E-state index contributed by atoms with van der Waals surface area (Å²) in [7, 11) is 0. The van der Waals surface area contributed by atoms with Crippen LogP contribution < -0.4 is 5.73 Å². The lowest BCUT2D eigenvalue weighted by Gasteiger charge is -2.24. The molecule has 2 saturated heterocycles. The number of hydrogen-bond donors (Lipinski definition) is 1. The number of nitrogens with two attached hydrogens (primary N) is 1. The lowest BCUT2D eigenvalue weighted by molar-refractivity contribution is 0.218. The average molecular weight is 211 g/mol. The zero-order valence-corrected chi connectivity index (χ0v) is 9.99. The Morgan fingerprint density at radius 3 is 2.53 bits per heavy atom. The van der Waals surface area contributed by atoms with Gasteiger partial charge in [-0.15, -0.1) is 0 Å². The van der Waals surface area contributed by atoms with Gasteiger partial charge in [0.05, 0.1) is 0 Å². The van der Waals surface area contributed by atoms with E-state index >= 15 is 0 Å². The monoisotopic (exact) mass is 211 g/mol. The molecule has 3 heteroatoms. The summed E-state index contributed by atoms with van der Waals surface area (Å²) in [4.78, 5) is 5.22. The summed E-state index contributed by atoms with van der Waals surface area (Å²) in [6.45, 7) is 9.60. The molecule has 2 N–H and O–H groups in total. The van der Waals surface area contributed by atoms with Gasteiger partial charge in [0.2, 0.25) is 0 Å². The quantitative estimate of drug-likeness (QED) is 0.745. The van der Waals surface area contributed by atoms with Crippen molar-refractivity contribution < 1.29 is 0 Å². The molecule has 0 radical (unpaired) electrons. The Kier molecular flexibility index (Phi) is 4.00. The molecule has 2 heterocycles. The third-order valence-corrected chi connectivity index (χ3v) is 4.03. The molecular weight excluding hydrogens is 186 g/mol. The summed E-state index contributed by atoms with van der Waals surface area (Å²) in [6.07, 6.45) is 4.11. The maximum absolute atomic E-state index is 5.74. The van der Waals surface area contributed by atoms with Crippen LogP contribution in [0.2, 0.25) is 0 Å². The Hall–Kier alpha value is -0.120. The Bertz CT molecular complexity index is 189. The van der Waals surface area contributed by atoms with Gasteiger partial charge in [-0.2, -0.15) is 0 Å². The van der Waals surface area contributed by atoms with Crippen molar-refractivity contribution in [3.05, 3.63) is 0 Å². The largest absolute Gasteiger partial charge is 0.330 e. The molecule has 2 aliphatic rings. The Balaban J connectivity index is 1.70. The number of hydrogen-bond acceptors (Lipinski definition) is 3. The highest BCUT2D eigenvalue weighted by Crippen LogP contribution is 2.21. The predicted octanol–water partition coefficient (Wildman–Crippen LogP) is 0.751. The Labute approximate surface area is 93.6 Å². The molecule has 3 nitrogen and oxygen atoms in total. The number of likely N-dealkylation sites (tertiary alicyclic amines) is 2. The second kappa shape index (κ2) is 5.28. The molecule has 2 fully saturated rings. The van der Waals surface area contributed by atoms with Gasteiger partial charge < -0.3 is 10.6 Å². The van der Waals surface area contributed by atoms with Gasteiger partial charge in [-0.1, -0.05) is 0 Å². The van der Waals surface area contributed by atoms with E-state index < -0.39 is 0 Å². The summed E-state index contributed by atoms with van der Waals surface area (Å²) < 4.78 is 0. The van der Waals surface area contributed by atoms with E-state index in [0.717, 1.165) is 18.5 Å². The van der Waals surface area contributed by atoms with Crippen molar-refractivity contribution in [2.45, 2.75) is 32.2 Å². The molecule has 2 aliphatic heterocycles. The van der Waals surface area contributed by atoms with Gasteiger partial charge >= 0.3 is 0 Å². The van der Waals surface area contributed by atoms with E-state index in [4.69, 9.17) is 5.73 Å². The first-order chi connectivity index (χ1) is 7.29. The fourth-order valence-corrected chi connectivity index (χ4v) is 2.98. The van der Waals surface area contributed by atoms with Crippen molar-refractivity contribution in [1.82, 2.24) is 9.80 Å². The molecule has 0 aromatic carbocycles. The fourth-order valence-electron chi connectivity index (χ4n) is 2.98. The Morgan fingerprint density at radius 1 is 1.20 bits per heavy atom. The van der Waals surface area contributed by atoms with E-state index in [9.17, 15) is 0 Å². The van der Waals surface area contributed by atoms with E-state index in [-0.39, 0.29) is 0 Å². The van der Waals surface area contributed by atoms with Crippen LogP contribution in [-0.2, 0) is 0 Å². The highest BCUT2D eigenvalue weighted by molar-refractivity contribution is 4.83. The maximum Gasteiger partial charge on any atom is 0.0112 e. The van der Waals surface area contributed by atoms with Gasteiger partial charge in [0, 0.05) is 25.7 Å². The highest BCUT2D eigenvalue weighted by Gasteiger charge is 2.28. The molecular formula is C12H25N3. The molecule has 2 unspecified atom stereocenters. The van der Waals surface area contributed by atoms with Crippen LogP contribution in [0, 0.1) is 5.92 Å². The van der Waals surface area contributed by atoms with E-state index in [2.05, 4.69) is 16.7 Å². The second-order valence-electron chi connectivity index (χ2n) is 5.23. The third-order valence-electron chi connectivity index (χ3n) is 4.03. The van der Waals surface area contributed by atoms with E-state index in [0.29, 0.717) is 0 Å². The lowest BCUT2D eigenvalue weighted by Crippen LogP contribution is -2.36. The SMILES string of the molecule is CC1CC(CN)CN1CCN1CCCC1. The summed E-state index contributed by atoms with van der Waals surface area (Å²) >= 11 is 0. The van der Waals surface area contributed by atoms with Gasteiger partial charge in [0.25, 0.3) is 0 Å². The predicted molar refractivity (Wildman–Crippen MR) is 63.9 cm³/mol. The molecule has 2 atom stereocenters. The molecule has 0 amide bonds. The first-order valence-electron chi connectivity index (χ1n) is 6.46. The first-order valence-corrected chi connectivity index (χ1v) is 6.46. The van der Waals surface area contributed by atoms with Crippen molar-refractivity contribution in [2.75, 3.05) is 39.3 Å². The zero-order chi connectivity index (χ0) is 10.7. The van der Waals surface area contributed by atoms with Crippen LogP contribution >= 0.6 is 0 Å². The van der Waals surface area contributed by atoms with Gasteiger partial charge in [-0.25, -0.2) is 0 Å². The molecule has 0 saturated carbocycles. The van der Waals surface area contributed by atoms with E-state index in [1.165, 1.54) is 52.0 Å². The molecule has 88 valence electrons. The standard InChI is InChI=1S/C12H25N3/c1-11-8-12(9-13)10-15(11)7-6-14-4-2-3-5-14/h11-12H,2-10,13H2,1H3. The summed E-state index contributed by atoms with van der Waals surface area (Å²) in [5.74, 6) is 0.749. The van der Waals surface area contributed by atoms with Crippen LogP contribution in [0.5, 0.6) is 0 Å². The van der Waals surface area contributed by atoms with Crippen molar-refractivity contribution in [3.63, 3.8) is 0 Å². The van der Waals surface area contributed by atoms with Crippen molar-refractivity contribution in [3.8, 4) is 0 Å². The maximum atomic E-state index is 5.74. The van der Waals surface area contributed by atoms with E-state index in [1.54, 1.807) is 0 Å². The lowest BCUT2D eigenvalue weighted by atomic mass is 10.1. The average Bonchev–Trinajstić information content (AvgIpc) is 2.84. The zero-order valence-electron chi connectivity index (χ0n) is 9.99. The molecule has 0 spiro atoms. The smallest absolute Gasteiger partial charge is 0.0112 e. The van der Waals surface area contributed by atoms with Crippen LogP contribution in [0.15, 0.2) is 0 Å². The van der Waals surface area contributed by atoms with Crippen LogP contribution in [0.4, 0.5) is 0 Å². The van der Waals surface area contributed by atoms with Gasteiger partial charge in [0.1, 0.15) is 0 Å². The summed E-state index contributed by atoms with van der Waals surface area (Å²) in [5, 5.41) is 0. The van der Waals surface area contributed by atoms with Crippen LogP contribution in [0.25, 0.3) is 0 Å². The Morgan fingerprint density at radius 2 is 1.93 bits per heavy atom. The van der Waals surface area contributed by atoms with Gasteiger partial charge in [0.15, 0.2) is 0 Å². The number of nitrogens with zero attached hydrogens (tertiary/aromatic N) is 2. The molecule has 0 aliphatic carbocycles. The molecule has 0 aromatic heterocycles. The molecule has 0 aromatic rings. The first kappa shape index (κ1) is 11.4. The highest BCUT2D eigenvalue weighted by atomic mass is 15.2. The van der Waals surface area contributed by atoms with Crippen molar-refractivity contribution >= 4 is 0 Å². The molecule has 0 bridgehead atoms. The molecule has 2 rings (SSSR count). The van der Waals surface area contributed by atoms with Crippen LogP contribution in [-0.4, -0.2) is 55.1 Å².